The van der Waals surface area contributed by atoms with E-state index in [0.717, 1.165) is 14.8 Å². The van der Waals surface area contributed by atoms with E-state index in [0.29, 0.717) is 11.6 Å². The van der Waals surface area contributed by atoms with Gasteiger partial charge in [-0.25, -0.2) is 0 Å². The predicted octanol–water partition coefficient (Wildman–Crippen LogP) is 4.02. The molecule has 0 bridgehead atoms. The van der Waals surface area contributed by atoms with Crippen LogP contribution in [0.1, 0.15) is 23.4 Å². The summed E-state index contributed by atoms with van der Waals surface area (Å²) in [5.74, 6) is -0.0570. The highest BCUT2D eigenvalue weighted by molar-refractivity contribution is 7.16. The monoisotopic (exact) mass is 342 g/mol. The Bertz CT molecular complexity index is 615. The lowest BCUT2D eigenvalue weighted by molar-refractivity contribution is -0.120. The molecule has 3 nitrogen and oxygen atoms in total. The summed E-state index contributed by atoms with van der Waals surface area (Å²) in [6, 6.07) is 11.4. The molecule has 6 heteroatoms. The summed E-state index contributed by atoms with van der Waals surface area (Å²) in [4.78, 5) is 12.8. The number of hydrogen-bond donors (Lipinski definition) is 2. The van der Waals surface area contributed by atoms with Gasteiger partial charge in [0.05, 0.1) is 17.4 Å². The lowest BCUT2D eigenvalue weighted by Gasteiger charge is -2.15. The SMILES string of the molecule is CC(NCC(=O)NCc1ccc(Cl)s1)c1ccccc1Cl. The van der Waals surface area contributed by atoms with Crippen LogP contribution in [0.25, 0.3) is 0 Å². The number of amides is 1. The van der Waals surface area contributed by atoms with Crippen molar-refractivity contribution in [1.82, 2.24) is 10.6 Å². The molecule has 112 valence electrons. The maximum atomic E-state index is 11.8. The average molecular weight is 343 g/mol. The van der Waals surface area contributed by atoms with E-state index in [1.807, 2.05) is 43.3 Å². The summed E-state index contributed by atoms with van der Waals surface area (Å²) in [5, 5.41) is 6.71. The van der Waals surface area contributed by atoms with Crippen molar-refractivity contribution in [3.63, 3.8) is 0 Å². The Balaban J connectivity index is 1.77. The molecule has 2 N–H and O–H groups in total. The van der Waals surface area contributed by atoms with Crippen LogP contribution >= 0.6 is 34.5 Å². The van der Waals surface area contributed by atoms with Gasteiger partial charge in [-0.2, -0.15) is 0 Å². The van der Waals surface area contributed by atoms with E-state index < -0.39 is 0 Å². The Labute approximate surface area is 138 Å². The molecule has 0 saturated heterocycles. The predicted molar refractivity (Wildman–Crippen MR) is 89.0 cm³/mol. The molecule has 0 spiro atoms. The fraction of sp³-hybridized carbons (Fsp3) is 0.267. The van der Waals surface area contributed by atoms with Gasteiger partial charge in [-0.3, -0.25) is 4.79 Å². The zero-order valence-corrected chi connectivity index (χ0v) is 13.9. The van der Waals surface area contributed by atoms with E-state index in [2.05, 4.69) is 10.6 Å². The number of hydrogen-bond acceptors (Lipinski definition) is 3. The van der Waals surface area contributed by atoms with Crippen LogP contribution in [-0.4, -0.2) is 12.5 Å². The molecular formula is C15H16Cl2N2OS. The van der Waals surface area contributed by atoms with Crippen LogP contribution in [0.4, 0.5) is 0 Å². The second-order valence-electron chi connectivity index (χ2n) is 4.61. The highest BCUT2D eigenvalue weighted by Gasteiger charge is 2.10. The molecule has 0 radical (unpaired) electrons. The van der Waals surface area contributed by atoms with E-state index >= 15 is 0 Å². The largest absolute Gasteiger partial charge is 0.350 e. The van der Waals surface area contributed by atoms with Gasteiger partial charge in [0.2, 0.25) is 5.91 Å². The normalized spacial score (nSPS) is 12.1. The number of thiophene rings is 1. The van der Waals surface area contributed by atoms with Gasteiger partial charge in [0, 0.05) is 15.9 Å². The van der Waals surface area contributed by atoms with E-state index in [-0.39, 0.29) is 18.5 Å². The maximum Gasteiger partial charge on any atom is 0.234 e. The lowest BCUT2D eigenvalue weighted by Crippen LogP contribution is -2.34. The minimum Gasteiger partial charge on any atom is -0.350 e. The Hall–Kier alpha value is -1.07. The second-order valence-corrected chi connectivity index (χ2v) is 6.81. The molecule has 1 aromatic heterocycles. The Kier molecular flexibility index (Phi) is 6.06. The summed E-state index contributed by atoms with van der Waals surface area (Å²) in [5.41, 5.74) is 0.983. The van der Waals surface area contributed by atoms with Crippen molar-refractivity contribution in [3.05, 3.63) is 56.2 Å². The van der Waals surface area contributed by atoms with E-state index in [4.69, 9.17) is 23.2 Å². The minimum atomic E-state index is -0.0570. The van der Waals surface area contributed by atoms with Gasteiger partial charge < -0.3 is 10.6 Å². The second kappa shape index (κ2) is 7.80. The molecule has 2 rings (SSSR count). The summed E-state index contributed by atoms with van der Waals surface area (Å²) in [7, 11) is 0. The Morgan fingerprint density at radius 3 is 2.67 bits per heavy atom. The molecule has 2 aromatic rings. The third kappa shape index (κ3) is 5.00. The molecule has 0 aliphatic rings. The first-order valence-electron chi connectivity index (χ1n) is 6.55. The summed E-state index contributed by atoms with van der Waals surface area (Å²) in [6.45, 7) is 2.72. The van der Waals surface area contributed by atoms with Gasteiger partial charge in [-0.15, -0.1) is 11.3 Å². The van der Waals surface area contributed by atoms with Gasteiger partial charge in [-0.1, -0.05) is 41.4 Å². The standard InChI is InChI=1S/C15H16Cl2N2OS/c1-10(12-4-2-3-5-13(12)16)18-9-15(20)19-8-11-6-7-14(17)21-11/h2-7,10,18H,8-9H2,1H3,(H,19,20). The molecule has 1 unspecified atom stereocenters. The molecule has 0 aliphatic carbocycles. The van der Waals surface area contributed by atoms with Crippen LogP contribution in [0.5, 0.6) is 0 Å². The third-order valence-corrected chi connectivity index (χ3v) is 4.60. The highest BCUT2D eigenvalue weighted by atomic mass is 35.5. The van der Waals surface area contributed by atoms with Gasteiger partial charge in [0.1, 0.15) is 0 Å². The smallest absolute Gasteiger partial charge is 0.234 e. The van der Waals surface area contributed by atoms with Crippen molar-refractivity contribution in [2.24, 2.45) is 0 Å². The Morgan fingerprint density at radius 2 is 2.00 bits per heavy atom. The first-order chi connectivity index (χ1) is 10.1. The van der Waals surface area contributed by atoms with Gasteiger partial charge >= 0.3 is 0 Å². The molecule has 1 heterocycles. The van der Waals surface area contributed by atoms with Gasteiger partial charge in [0.25, 0.3) is 0 Å². The van der Waals surface area contributed by atoms with Crippen LogP contribution in [0, 0.1) is 0 Å². The molecule has 1 aromatic carbocycles. The zero-order chi connectivity index (χ0) is 15.2. The first-order valence-corrected chi connectivity index (χ1v) is 8.12. The molecule has 21 heavy (non-hydrogen) atoms. The van der Waals surface area contributed by atoms with Crippen molar-refractivity contribution in [1.29, 1.82) is 0 Å². The molecule has 1 amide bonds. The molecule has 0 fully saturated rings. The van der Waals surface area contributed by atoms with Crippen molar-refractivity contribution in [2.45, 2.75) is 19.5 Å². The molecule has 0 aliphatic heterocycles. The van der Waals surface area contributed by atoms with E-state index in [1.54, 1.807) is 0 Å². The molecule has 1 atom stereocenters. The van der Waals surface area contributed by atoms with Crippen molar-refractivity contribution >= 4 is 40.4 Å². The number of nitrogens with one attached hydrogen (secondary N) is 2. The summed E-state index contributed by atoms with van der Waals surface area (Å²) >= 11 is 13.4. The Morgan fingerprint density at radius 1 is 1.24 bits per heavy atom. The zero-order valence-electron chi connectivity index (χ0n) is 11.5. The number of rotatable bonds is 6. The van der Waals surface area contributed by atoms with Crippen molar-refractivity contribution < 1.29 is 4.79 Å². The average Bonchev–Trinajstić information content (AvgIpc) is 2.89. The summed E-state index contributed by atoms with van der Waals surface area (Å²) in [6.07, 6.45) is 0. The quantitative estimate of drug-likeness (QED) is 0.832. The fourth-order valence-electron chi connectivity index (χ4n) is 1.88. The molecule has 0 saturated carbocycles. The van der Waals surface area contributed by atoms with Crippen molar-refractivity contribution in [3.8, 4) is 0 Å². The van der Waals surface area contributed by atoms with Crippen LogP contribution in [0.15, 0.2) is 36.4 Å². The van der Waals surface area contributed by atoms with Gasteiger partial charge in [0.15, 0.2) is 0 Å². The van der Waals surface area contributed by atoms with Crippen molar-refractivity contribution in [2.75, 3.05) is 6.54 Å². The number of carbonyl (C=O) groups excluding carboxylic acids is 1. The fourth-order valence-corrected chi connectivity index (χ4v) is 3.20. The summed E-state index contributed by atoms with van der Waals surface area (Å²) < 4.78 is 0.727. The maximum absolute atomic E-state index is 11.8. The van der Waals surface area contributed by atoms with Crippen LogP contribution in [-0.2, 0) is 11.3 Å². The number of halogens is 2. The lowest BCUT2D eigenvalue weighted by atomic mass is 10.1. The number of carbonyl (C=O) groups is 1. The highest BCUT2D eigenvalue weighted by Crippen LogP contribution is 2.22. The van der Waals surface area contributed by atoms with Crippen LogP contribution in [0.3, 0.4) is 0 Å². The molecular weight excluding hydrogens is 327 g/mol. The topological polar surface area (TPSA) is 41.1 Å². The van der Waals surface area contributed by atoms with Crippen LogP contribution < -0.4 is 10.6 Å². The third-order valence-electron chi connectivity index (χ3n) is 3.03. The number of benzene rings is 1. The minimum absolute atomic E-state index is 0.0145. The first kappa shape index (κ1) is 16.3. The van der Waals surface area contributed by atoms with E-state index in [9.17, 15) is 4.79 Å². The van der Waals surface area contributed by atoms with E-state index in [1.165, 1.54) is 11.3 Å². The van der Waals surface area contributed by atoms with Gasteiger partial charge in [-0.05, 0) is 30.7 Å². The van der Waals surface area contributed by atoms with Crippen LogP contribution in [0.2, 0.25) is 9.36 Å².